The maximum absolute atomic E-state index is 4.35. The molecule has 3 fully saturated rings. The van der Waals surface area contributed by atoms with Crippen molar-refractivity contribution < 1.29 is 0 Å². The molecule has 0 aliphatic heterocycles. The molecule has 0 nitrogen and oxygen atoms in total. The van der Waals surface area contributed by atoms with Gasteiger partial charge < -0.3 is 0 Å². The average Bonchev–Trinajstić information content (AvgIpc) is 2.52. The van der Waals surface area contributed by atoms with Gasteiger partial charge in [0.25, 0.3) is 0 Å². The highest BCUT2D eigenvalue weighted by Gasteiger charge is 2.71. The lowest BCUT2D eigenvalue weighted by Gasteiger charge is -2.22. The first-order chi connectivity index (χ1) is 6.98. The zero-order chi connectivity index (χ0) is 10.8. The third-order valence-corrected chi connectivity index (χ3v) is 6.34. The molecule has 3 aliphatic carbocycles. The second kappa shape index (κ2) is 2.70. The summed E-state index contributed by atoms with van der Waals surface area (Å²) >= 11 is 0. The van der Waals surface area contributed by atoms with Crippen molar-refractivity contribution in [3.05, 3.63) is 12.2 Å². The molecule has 84 valence electrons. The third kappa shape index (κ3) is 1.04. The average molecular weight is 204 g/mol. The van der Waals surface area contributed by atoms with Crippen molar-refractivity contribution in [2.75, 3.05) is 0 Å². The van der Waals surface area contributed by atoms with Gasteiger partial charge in [-0.05, 0) is 54.3 Å². The highest BCUT2D eigenvalue weighted by Crippen LogP contribution is 2.77. The van der Waals surface area contributed by atoms with Crippen molar-refractivity contribution in [3.63, 3.8) is 0 Å². The summed E-state index contributed by atoms with van der Waals surface area (Å²) in [6.07, 6.45) is 7.07. The zero-order valence-electron chi connectivity index (χ0n) is 10.5. The smallest absolute Gasteiger partial charge is 0.0174 e. The van der Waals surface area contributed by atoms with Crippen LogP contribution in [0.2, 0.25) is 0 Å². The van der Waals surface area contributed by atoms with Crippen LogP contribution in [0.4, 0.5) is 0 Å². The summed E-state index contributed by atoms with van der Waals surface area (Å²) in [5.41, 5.74) is 2.84. The van der Waals surface area contributed by atoms with E-state index < -0.39 is 0 Å². The predicted molar refractivity (Wildman–Crippen MR) is 64.6 cm³/mol. The first kappa shape index (κ1) is 9.93. The lowest BCUT2D eigenvalue weighted by atomic mass is 9.83. The van der Waals surface area contributed by atoms with Gasteiger partial charge in [-0.15, -0.1) is 0 Å². The minimum atomic E-state index is 0.612. The van der Waals surface area contributed by atoms with Crippen LogP contribution in [0, 0.1) is 28.6 Å². The summed E-state index contributed by atoms with van der Waals surface area (Å²) in [6.45, 7) is 11.9. The lowest BCUT2D eigenvalue weighted by molar-refractivity contribution is 0.338. The SMILES string of the molecule is C=C1CCC2(C)C(C3CCCC13)C2(C)C. The topological polar surface area (TPSA) is 0 Å². The highest BCUT2D eigenvalue weighted by atomic mass is 14.7. The first-order valence-corrected chi connectivity index (χ1v) is 6.66. The quantitative estimate of drug-likeness (QED) is 0.513. The number of allylic oxidation sites excluding steroid dienone is 1. The van der Waals surface area contributed by atoms with Crippen molar-refractivity contribution >= 4 is 0 Å². The lowest BCUT2D eigenvalue weighted by Crippen LogP contribution is -2.14. The molecule has 3 aliphatic rings. The van der Waals surface area contributed by atoms with Gasteiger partial charge >= 0.3 is 0 Å². The molecule has 3 rings (SSSR count). The van der Waals surface area contributed by atoms with Gasteiger partial charge in [0.15, 0.2) is 0 Å². The molecule has 0 heteroatoms. The second-order valence-electron chi connectivity index (χ2n) is 6.98. The third-order valence-electron chi connectivity index (χ3n) is 6.34. The van der Waals surface area contributed by atoms with E-state index in [4.69, 9.17) is 0 Å². The normalized spacial score (nSPS) is 51.9. The van der Waals surface area contributed by atoms with Gasteiger partial charge in [0, 0.05) is 0 Å². The molecule has 3 saturated carbocycles. The predicted octanol–water partition coefficient (Wildman–Crippen LogP) is 4.42. The van der Waals surface area contributed by atoms with Crippen molar-refractivity contribution in [1.82, 2.24) is 0 Å². The maximum atomic E-state index is 4.35. The molecule has 4 unspecified atom stereocenters. The number of fused-ring (bicyclic) bond motifs is 3. The molecule has 15 heavy (non-hydrogen) atoms. The Morgan fingerprint density at radius 3 is 2.67 bits per heavy atom. The van der Waals surface area contributed by atoms with Gasteiger partial charge in [0.2, 0.25) is 0 Å². The van der Waals surface area contributed by atoms with E-state index in [9.17, 15) is 0 Å². The van der Waals surface area contributed by atoms with Crippen molar-refractivity contribution in [2.24, 2.45) is 28.6 Å². The van der Waals surface area contributed by atoms with Crippen LogP contribution in [-0.4, -0.2) is 0 Å². The molecule has 0 N–H and O–H groups in total. The minimum Gasteiger partial charge on any atom is -0.0996 e. The minimum absolute atomic E-state index is 0.612. The largest absolute Gasteiger partial charge is 0.0996 e. The van der Waals surface area contributed by atoms with Crippen molar-refractivity contribution in [3.8, 4) is 0 Å². The Balaban J connectivity index is 1.96. The molecule has 4 atom stereocenters. The van der Waals surface area contributed by atoms with E-state index >= 15 is 0 Å². The highest BCUT2D eigenvalue weighted by molar-refractivity contribution is 5.24. The van der Waals surface area contributed by atoms with E-state index in [2.05, 4.69) is 27.4 Å². The Kier molecular flexibility index (Phi) is 1.79. The van der Waals surface area contributed by atoms with E-state index in [1.165, 1.54) is 32.1 Å². The Bertz CT molecular complexity index is 312. The van der Waals surface area contributed by atoms with Crippen LogP contribution in [-0.2, 0) is 0 Å². The van der Waals surface area contributed by atoms with Gasteiger partial charge in [0.1, 0.15) is 0 Å². The molecule has 0 heterocycles. The van der Waals surface area contributed by atoms with E-state index in [-0.39, 0.29) is 0 Å². The molecule has 0 saturated heterocycles. The summed E-state index contributed by atoms with van der Waals surface area (Å²) in [7, 11) is 0. The van der Waals surface area contributed by atoms with Crippen LogP contribution in [0.1, 0.15) is 52.9 Å². The van der Waals surface area contributed by atoms with E-state index in [1.807, 2.05) is 0 Å². The fraction of sp³-hybridized carbons (Fsp3) is 0.867. The molecule has 0 amide bonds. The molecule has 0 aromatic rings. The summed E-state index contributed by atoms with van der Waals surface area (Å²) in [6, 6.07) is 0. The van der Waals surface area contributed by atoms with Crippen molar-refractivity contribution in [2.45, 2.75) is 52.9 Å². The van der Waals surface area contributed by atoms with Crippen molar-refractivity contribution in [1.29, 1.82) is 0 Å². The summed E-state index contributed by atoms with van der Waals surface area (Å²) in [5.74, 6) is 2.87. The van der Waals surface area contributed by atoms with Crippen LogP contribution in [0.15, 0.2) is 12.2 Å². The number of hydrogen-bond acceptors (Lipinski definition) is 0. The van der Waals surface area contributed by atoms with Crippen LogP contribution in [0.3, 0.4) is 0 Å². The first-order valence-electron chi connectivity index (χ1n) is 6.66. The Labute approximate surface area is 94.1 Å². The summed E-state index contributed by atoms with van der Waals surface area (Å²) < 4.78 is 0. The van der Waals surface area contributed by atoms with Crippen LogP contribution < -0.4 is 0 Å². The molecule has 0 aromatic carbocycles. The molecular formula is C15H24. The fourth-order valence-electron chi connectivity index (χ4n) is 5.10. The van der Waals surface area contributed by atoms with E-state index in [0.717, 1.165) is 17.8 Å². The Hall–Kier alpha value is -0.260. The van der Waals surface area contributed by atoms with Gasteiger partial charge in [-0.2, -0.15) is 0 Å². The Morgan fingerprint density at radius 1 is 1.20 bits per heavy atom. The monoisotopic (exact) mass is 204 g/mol. The maximum Gasteiger partial charge on any atom is -0.0174 e. The summed E-state index contributed by atoms with van der Waals surface area (Å²) in [4.78, 5) is 0. The van der Waals surface area contributed by atoms with Gasteiger partial charge in [-0.25, -0.2) is 0 Å². The standard InChI is InChI=1S/C15H24/c1-10-8-9-15(4)13(14(15,2)3)12-7-5-6-11(10)12/h11-13H,1,5-9H2,2-4H3. The number of rotatable bonds is 0. The fourth-order valence-corrected chi connectivity index (χ4v) is 5.10. The molecule has 0 bridgehead atoms. The molecular weight excluding hydrogens is 180 g/mol. The Morgan fingerprint density at radius 2 is 1.93 bits per heavy atom. The second-order valence-corrected chi connectivity index (χ2v) is 6.98. The molecule has 0 aromatic heterocycles. The van der Waals surface area contributed by atoms with Crippen LogP contribution in [0.5, 0.6) is 0 Å². The molecule has 0 radical (unpaired) electrons. The van der Waals surface area contributed by atoms with Crippen LogP contribution >= 0.6 is 0 Å². The van der Waals surface area contributed by atoms with Crippen LogP contribution in [0.25, 0.3) is 0 Å². The van der Waals surface area contributed by atoms with E-state index in [1.54, 1.807) is 5.57 Å². The zero-order valence-corrected chi connectivity index (χ0v) is 10.5. The summed E-state index contributed by atoms with van der Waals surface area (Å²) in [5, 5.41) is 0. The number of hydrogen-bond donors (Lipinski definition) is 0. The molecule has 0 spiro atoms. The van der Waals surface area contributed by atoms with E-state index in [0.29, 0.717) is 10.8 Å². The van der Waals surface area contributed by atoms with Gasteiger partial charge in [0.05, 0.1) is 0 Å². The van der Waals surface area contributed by atoms with Gasteiger partial charge in [-0.1, -0.05) is 39.3 Å². The van der Waals surface area contributed by atoms with Gasteiger partial charge in [-0.3, -0.25) is 0 Å².